The zero-order valence-corrected chi connectivity index (χ0v) is 10.2. The Hall–Kier alpha value is -0.510. The van der Waals surface area contributed by atoms with E-state index in [1.807, 2.05) is 14.1 Å². The molecule has 5 heteroatoms. The van der Waals surface area contributed by atoms with Gasteiger partial charge in [0, 0.05) is 29.8 Å². The van der Waals surface area contributed by atoms with Crippen LogP contribution >= 0.6 is 35.4 Å². The monoisotopic (exact) mass is 248 g/mol. The molecule has 0 spiro atoms. The molecule has 1 aromatic carbocycles. The topological polar surface area (TPSA) is 15.3 Å². The normalized spacial score (nSPS) is 9.71. The molecule has 0 aromatic heterocycles. The van der Waals surface area contributed by atoms with Crippen LogP contribution in [-0.4, -0.2) is 24.1 Å². The molecule has 0 unspecified atom stereocenters. The lowest BCUT2D eigenvalue weighted by Crippen LogP contribution is -2.26. The maximum atomic E-state index is 5.83. The van der Waals surface area contributed by atoms with Crippen LogP contribution in [0.4, 0.5) is 5.69 Å². The summed E-state index contributed by atoms with van der Waals surface area (Å²) in [5, 5.41) is 4.80. The molecule has 1 rings (SSSR count). The standard InChI is InChI=1S/C9H10Cl2N2S/c1-13(2)9(14)12-8-4-6(10)3-7(11)5-8/h3-5H,1-2H3,(H,12,14). The van der Waals surface area contributed by atoms with Crippen molar-refractivity contribution in [3.05, 3.63) is 28.2 Å². The molecule has 0 radical (unpaired) electrons. The number of thiocarbonyl (C=S) groups is 1. The summed E-state index contributed by atoms with van der Waals surface area (Å²) in [6.45, 7) is 0. The zero-order chi connectivity index (χ0) is 10.7. The number of benzene rings is 1. The van der Waals surface area contributed by atoms with Crippen molar-refractivity contribution in [1.29, 1.82) is 0 Å². The van der Waals surface area contributed by atoms with E-state index in [9.17, 15) is 0 Å². The average Bonchev–Trinajstić information content (AvgIpc) is 2.01. The van der Waals surface area contributed by atoms with E-state index in [-0.39, 0.29) is 0 Å². The van der Waals surface area contributed by atoms with Crippen LogP contribution in [-0.2, 0) is 0 Å². The number of hydrogen-bond donors (Lipinski definition) is 1. The van der Waals surface area contributed by atoms with Gasteiger partial charge in [0.2, 0.25) is 0 Å². The molecule has 0 amide bonds. The summed E-state index contributed by atoms with van der Waals surface area (Å²) in [5.41, 5.74) is 0.793. The summed E-state index contributed by atoms with van der Waals surface area (Å²) < 4.78 is 0. The van der Waals surface area contributed by atoms with Gasteiger partial charge in [0.1, 0.15) is 0 Å². The van der Waals surface area contributed by atoms with Crippen LogP contribution < -0.4 is 5.32 Å². The van der Waals surface area contributed by atoms with E-state index in [0.717, 1.165) is 5.69 Å². The Morgan fingerprint density at radius 2 is 1.71 bits per heavy atom. The predicted molar refractivity (Wildman–Crippen MR) is 66.4 cm³/mol. The number of nitrogens with one attached hydrogen (secondary N) is 1. The summed E-state index contributed by atoms with van der Waals surface area (Å²) in [6, 6.07) is 5.21. The first kappa shape index (κ1) is 11.6. The van der Waals surface area contributed by atoms with Crippen LogP contribution in [0.5, 0.6) is 0 Å². The Kier molecular flexibility index (Phi) is 3.98. The van der Waals surface area contributed by atoms with Gasteiger partial charge in [0.25, 0.3) is 0 Å². The van der Waals surface area contributed by atoms with E-state index in [2.05, 4.69) is 5.32 Å². The van der Waals surface area contributed by atoms with Crippen LogP contribution in [0.1, 0.15) is 0 Å². The van der Waals surface area contributed by atoms with Gasteiger partial charge in [0.15, 0.2) is 5.11 Å². The van der Waals surface area contributed by atoms with Gasteiger partial charge in [0.05, 0.1) is 0 Å². The minimum Gasteiger partial charge on any atom is -0.355 e. The molecule has 0 aliphatic carbocycles. The Labute approximate surface area is 98.8 Å². The molecule has 1 N–H and O–H groups in total. The second-order valence-corrected chi connectivity index (χ2v) is 4.24. The highest BCUT2D eigenvalue weighted by Crippen LogP contribution is 2.22. The second-order valence-electron chi connectivity index (χ2n) is 2.98. The second kappa shape index (κ2) is 4.82. The highest BCUT2D eigenvalue weighted by Gasteiger charge is 2.01. The first-order chi connectivity index (χ1) is 6.49. The van der Waals surface area contributed by atoms with Crippen LogP contribution in [0.2, 0.25) is 10.0 Å². The van der Waals surface area contributed by atoms with Crippen molar-refractivity contribution in [3.8, 4) is 0 Å². The van der Waals surface area contributed by atoms with E-state index in [1.165, 1.54) is 0 Å². The minimum absolute atomic E-state index is 0.585. The molecular weight excluding hydrogens is 239 g/mol. The van der Waals surface area contributed by atoms with Crippen LogP contribution in [0.3, 0.4) is 0 Å². The van der Waals surface area contributed by atoms with Gasteiger partial charge in [-0.1, -0.05) is 23.2 Å². The Balaban J connectivity index is 2.82. The average molecular weight is 249 g/mol. The number of anilines is 1. The van der Waals surface area contributed by atoms with Gasteiger partial charge in [-0.05, 0) is 30.4 Å². The number of halogens is 2. The highest BCUT2D eigenvalue weighted by molar-refractivity contribution is 7.80. The fraction of sp³-hybridized carbons (Fsp3) is 0.222. The lowest BCUT2D eigenvalue weighted by atomic mass is 10.3. The smallest absolute Gasteiger partial charge is 0.172 e. The van der Waals surface area contributed by atoms with Gasteiger partial charge < -0.3 is 10.2 Å². The van der Waals surface area contributed by atoms with Gasteiger partial charge in [-0.15, -0.1) is 0 Å². The van der Waals surface area contributed by atoms with Gasteiger partial charge in [-0.25, -0.2) is 0 Å². The Morgan fingerprint density at radius 1 is 1.21 bits per heavy atom. The summed E-state index contributed by atoms with van der Waals surface area (Å²) in [6.07, 6.45) is 0. The largest absolute Gasteiger partial charge is 0.355 e. The molecule has 0 bridgehead atoms. The third kappa shape index (κ3) is 3.33. The Morgan fingerprint density at radius 3 is 2.14 bits per heavy atom. The quantitative estimate of drug-likeness (QED) is 0.769. The van der Waals surface area contributed by atoms with Crippen molar-refractivity contribution in [2.75, 3.05) is 19.4 Å². The minimum atomic E-state index is 0.585. The fourth-order valence-corrected chi connectivity index (χ4v) is 1.51. The first-order valence-electron chi connectivity index (χ1n) is 3.93. The number of hydrogen-bond acceptors (Lipinski definition) is 1. The van der Waals surface area contributed by atoms with Crippen LogP contribution in [0.15, 0.2) is 18.2 Å². The van der Waals surface area contributed by atoms with Crippen molar-refractivity contribution in [2.24, 2.45) is 0 Å². The van der Waals surface area contributed by atoms with Crippen LogP contribution in [0.25, 0.3) is 0 Å². The third-order valence-electron chi connectivity index (χ3n) is 1.52. The lowest BCUT2D eigenvalue weighted by Gasteiger charge is -2.15. The molecular formula is C9H10Cl2N2S. The maximum Gasteiger partial charge on any atom is 0.172 e. The maximum absolute atomic E-state index is 5.83. The molecule has 2 nitrogen and oxygen atoms in total. The van der Waals surface area contributed by atoms with Crippen LogP contribution in [0, 0.1) is 0 Å². The van der Waals surface area contributed by atoms with E-state index in [1.54, 1.807) is 23.1 Å². The summed E-state index contributed by atoms with van der Waals surface area (Å²) in [4.78, 5) is 1.80. The fourth-order valence-electron chi connectivity index (χ4n) is 0.861. The third-order valence-corrected chi connectivity index (χ3v) is 2.42. The predicted octanol–water partition coefficient (Wildman–Crippen LogP) is 3.25. The SMILES string of the molecule is CN(C)C(=S)Nc1cc(Cl)cc(Cl)c1. The molecule has 0 atom stereocenters. The molecule has 0 aliphatic heterocycles. The van der Waals surface area contributed by atoms with Gasteiger partial charge in [-0.2, -0.15) is 0 Å². The molecule has 0 heterocycles. The molecule has 14 heavy (non-hydrogen) atoms. The molecule has 76 valence electrons. The summed E-state index contributed by atoms with van der Waals surface area (Å²) >= 11 is 16.7. The van der Waals surface area contributed by atoms with E-state index in [4.69, 9.17) is 35.4 Å². The van der Waals surface area contributed by atoms with Gasteiger partial charge >= 0.3 is 0 Å². The summed E-state index contributed by atoms with van der Waals surface area (Å²) in [5.74, 6) is 0. The van der Waals surface area contributed by atoms with Crippen molar-refractivity contribution < 1.29 is 0 Å². The van der Waals surface area contributed by atoms with Gasteiger partial charge in [-0.3, -0.25) is 0 Å². The Bertz CT molecular complexity index is 332. The first-order valence-corrected chi connectivity index (χ1v) is 5.10. The zero-order valence-electron chi connectivity index (χ0n) is 7.84. The molecule has 0 saturated carbocycles. The van der Waals surface area contributed by atoms with E-state index < -0.39 is 0 Å². The molecule has 0 saturated heterocycles. The van der Waals surface area contributed by atoms with Crippen molar-refractivity contribution in [2.45, 2.75) is 0 Å². The lowest BCUT2D eigenvalue weighted by molar-refractivity contribution is 0.634. The van der Waals surface area contributed by atoms with Crippen molar-refractivity contribution in [1.82, 2.24) is 4.90 Å². The number of nitrogens with zero attached hydrogens (tertiary/aromatic N) is 1. The van der Waals surface area contributed by atoms with Crippen molar-refractivity contribution >= 4 is 46.2 Å². The molecule has 0 aliphatic rings. The number of rotatable bonds is 1. The van der Waals surface area contributed by atoms with E-state index >= 15 is 0 Å². The molecule has 1 aromatic rings. The highest BCUT2D eigenvalue weighted by atomic mass is 35.5. The summed E-state index contributed by atoms with van der Waals surface area (Å²) in [7, 11) is 3.73. The van der Waals surface area contributed by atoms with E-state index in [0.29, 0.717) is 15.2 Å². The van der Waals surface area contributed by atoms with Crippen molar-refractivity contribution in [3.63, 3.8) is 0 Å². The molecule has 0 fully saturated rings.